The van der Waals surface area contributed by atoms with Gasteiger partial charge in [0.05, 0.1) is 0 Å². The molecule has 1 aromatic heterocycles. The van der Waals surface area contributed by atoms with Crippen LogP contribution in [0.25, 0.3) is 11.0 Å². The van der Waals surface area contributed by atoms with E-state index in [1.807, 2.05) is 26.0 Å². The van der Waals surface area contributed by atoms with Gasteiger partial charge in [0.25, 0.3) is 0 Å². The maximum atomic E-state index is 11.2. The van der Waals surface area contributed by atoms with Gasteiger partial charge in [0.2, 0.25) is 5.76 Å². The van der Waals surface area contributed by atoms with E-state index in [0.29, 0.717) is 5.92 Å². The van der Waals surface area contributed by atoms with Gasteiger partial charge in [-0.05, 0) is 43.7 Å². The highest BCUT2D eigenvalue weighted by atomic mass is 16.4. The van der Waals surface area contributed by atoms with E-state index in [0.717, 1.165) is 40.5 Å². The maximum absolute atomic E-state index is 11.2. The summed E-state index contributed by atoms with van der Waals surface area (Å²) in [5.41, 5.74) is 3.81. The summed E-state index contributed by atoms with van der Waals surface area (Å²) >= 11 is 0. The summed E-state index contributed by atoms with van der Waals surface area (Å²) in [6.07, 6.45) is 2.14. The van der Waals surface area contributed by atoms with Crippen LogP contribution in [0.15, 0.2) is 16.5 Å². The van der Waals surface area contributed by atoms with Crippen LogP contribution in [0.1, 0.15) is 46.0 Å². The molecule has 1 saturated carbocycles. The third-order valence-electron chi connectivity index (χ3n) is 3.60. The molecular formula is C14H14O3. The van der Waals surface area contributed by atoms with Crippen LogP contribution >= 0.6 is 0 Å². The average Bonchev–Trinajstić information content (AvgIpc) is 3.04. The van der Waals surface area contributed by atoms with Gasteiger partial charge in [0.1, 0.15) is 5.58 Å². The fourth-order valence-corrected chi connectivity index (χ4v) is 2.35. The molecule has 2 aromatic rings. The van der Waals surface area contributed by atoms with Crippen LogP contribution in [0, 0.1) is 13.8 Å². The fraction of sp³-hybridized carbons (Fsp3) is 0.357. The SMILES string of the molecule is Cc1ccc2c(C3CC3)c(C(=O)O)oc2c1C. The maximum Gasteiger partial charge on any atom is 0.372 e. The number of furan rings is 1. The summed E-state index contributed by atoms with van der Waals surface area (Å²) in [7, 11) is 0. The lowest BCUT2D eigenvalue weighted by Gasteiger charge is -2.00. The molecule has 1 aliphatic carbocycles. The number of carboxylic acid groups (broad SMARTS) is 1. The number of hydrogen-bond donors (Lipinski definition) is 1. The number of aryl methyl sites for hydroxylation is 2. The van der Waals surface area contributed by atoms with Gasteiger partial charge in [-0.2, -0.15) is 0 Å². The van der Waals surface area contributed by atoms with E-state index < -0.39 is 5.97 Å². The molecule has 0 saturated heterocycles. The van der Waals surface area contributed by atoms with Crippen LogP contribution in [-0.2, 0) is 0 Å². The summed E-state index contributed by atoms with van der Waals surface area (Å²) in [5.74, 6) is -0.444. The molecule has 1 aromatic carbocycles. The van der Waals surface area contributed by atoms with Crippen molar-refractivity contribution in [1.29, 1.82) is 0 Å². The second kappa shape index (κ2) is 3.36. The summed E-state index contributed by atoms with van der Waals surface area (Å²) in [6.45, 7) is 3.98. The van der Waals surface area contributed by atoms with Crippen molar-refractivity contribution >= 4 is 16.9 Å². The molecule has 0 unspecified atom stereocenters. The lowest BCUT2D eigenvalue weighted by atomic mass is 10.0. The van der Waals surface area contributed by atoms with Gasteiger partial charge in [0, 0.05) is 10.9 Å². The van der Waals surface area contributed by atoms with Gasteiger partial charge in [-0.25, -0.2) is 4.79 Å². The Hall–Kier alpha value is -1.77. The third-order valence-corrected chi connectivity index (χ3v) is 3.60. The van der Waals surface area contributed by atoms with Crippen molar-refractivity contribution in [3.8, 4) is 0 Å². The fourth-order valence-electron chi connectivity index (χ4n) is 2.35. The van der Waals surface area contributed by atoms with Crippen LogP contribution in [0.5, 0.6) is 0 Å². The molecule has 0 bridgehead atoms. The number of rotatable bonds is 2. The van der Waals surface area contributed by atoms with Crippen LogP contribution < -0.4 is 0 Å². The lowest BCUT2D eigenvalue weighted by Crippen LogP contribution is -1.97. The molecule has 1 heterocycles. The van der Waals surface area contributed by atoms with Crippen molar-refractivity contribution in [3.05, 3.63) is 34.6 Å². The molecule has 17 heavy (non-hydrogen) atoms. The van der Waals surface area contributed by atoms with Crippen molar-refractivity contribution in [2.75, 3.05) is 0 Å². The lowest BCUT2D eigenvalue weighted by molar-refractivity contribution is 0.0663. The van der Waals surface area contributed by atoms with Gasteiger partial charge in [-0.3, -0.25) is 0 Å². The summed E-state index contributed by atoms with van der Waals surface area (Å²) < 4.78 is 5.57. The summed E-state index contributed by atoms with van der Waals surface area (Å²) in [6, 6.07) is 4.02. The Morgan fingerprint density at radius 1 is 1.35 bits per heavy atom. The summed E-state index contributed by atoms with van der Waals surface area (Å²) in [5, 5.41) is 10.2. The Morgan fingerprint density at radius 3 is 2.65 bits per heavy atom. The number of benzene rings is 1. The molecule has 1 N–H and O–H groups in total. The van der Waals surface area contributed by atoms with Crippen LogP contribution in [0.3, 0.4) is 0 Å². The number of fused-ring (bicyclic) bond motifs is 1. The van der Waals surface area contributed by atoms with Gasteiger partial charge < -0.3 is 9.52 Å². The van der Waals surface area contributed by atoms with E-state index >= 15 is 0 Å². The van der Waals surface area contributed by atoms with Crippen LogP contribution in [-0.4, -0.2) is 11.1 Å². The molecule has 3 nitrogen and oxygen atoms in total. The zero-order valence-corrected chi connectivity index (χ0v) is 9.91. The Morgan fingerprint density at radius 2 is 2.06 bits per heavy atom. The first-order valence-electron chi connectivity index (χ1n) is 5.85. The minimum atomic E-state index is -0.958. The van der Waals surface area contributed by atoms with E-state index in [1.54, 1.807) is 0 Å². The second-order valence-corrected chi connectivity index (χ2v) is 4.81. The van der Waals surface area contributed by atoms with Gasteiger partial charge in [-0.15, -0.1) is 0 Å². The molecule has 3 rings (SSSR count). The molecule has 88 valence electrons. The number of carbonyl (C=O) groups is 1. The topological polar surface area (TPSA) is 50.4 Å². The molecule has 1 fully saturated rings. The molecule has 0 spiro atoms. The molecule has 1 aliphatic rings. The highest BCUT2D eigenvalue weighted by Gasteiger charge is 2.33. The minimum absolute atomic E-state index is 0.135. The smallest absolute Gasteiger partial charge is 0.372 e. The Labute approximate surface area is 99.0 Å². The zero-order chi connectivity index (χ0) is 12.2. The number of aromatic carboxylic acids is 1. The largest absolute Gasteiger partial charge is 0.475 e. The molecule has 0 aliphatic heterocycles. The first-order chi connectivity index (χ1) is 8.09. The molecule has 0 radical (unpaired) electrons. The van der Waals surface area contributed by atoms with Crippen molar-refractivity contribution < 1.29 is 14.3 Å². The second-order valence-electron chi connectivity index (χ2n) is 4.81. The standard InChI is InChI=1S/C14H14O3/c1-7-3-6-10-11(9-4-5-9)13(14(15)16)17-12(10)8(7)2/h3,6,9H,4-5H2,1-2H3,(H,15,16). The third kappa shape index (κ3) is 1.46. The molecule has 0 atom stereocenters. The number of hydrogen-bond acceptors (Lipinski definition) is 2. The number of carboxylic acids is 1. The predicted molar refractivity (Wildman–Crippen MR) is 64.6 cm³/mol. The Balaban J connectivity index is 2.37. The van der Waals surface area contributed by atoms with Gasteiger partial charge >= 0.3 is 5.97 Å². The Kier molecular flexibility index (Phi) is 2.05. The zero-order valence-electron chi connectivity index (χ0n) is 9.91. The van der Waals surface area contributed by atoms with Crippen molar-refractivity contribution in [1.82, 2.24) is 0 Å². The Bertz CT molecular complexity index is 618. The van der Waals surface area contributed by atoms with Crippen molar-refractivity contribution in [2.24, 2.45) is 0 Å². The normalized spacial score (nSPS) is 15.4. The quantitative estimate of drug-likeness (QED) is 0.857. The van der Waals surface area contributed by atoms with E-state index in [4.69, 9.17) is 4.42 Å². The van der Waals surface area contributed by atoms with Crippen LogP contribution in [0.4, 0.5) is 0 Å². The molecule has 0 amide bonds. The summed E-state index contributed by atoms with van der Waals surface area (Å²) in [4.78, 5) is 11.2. The highest BCUT2D eigenvalue weighted by Crippen LogP contribution is 2.46. The van der Waals surface area contributed by atoms with E-state index in [2.05, 4.69) is 0 Å². The van der Waals surface area contributed by atoms with E-state index in [1.165, 1.54) is 0 Å². The van der Waals surface area contributed by atoms with E-state index in [-0.39, 0.29) is 5.76 Å². The van der Waals surface area contributed by atoms with E-state index in [9.17, 15) is 9.90 Å². The van der Waals surface area contributed by atoms with Gasteiger partial charge in [-0.1, -0.05) is 12.1 Å². The average molecular weight is 230 g/mol. The molecular weight excluding hydrogens is 216 g/mol. The first kappa shape index (κ1) is 10.4. The predicted octanol–water partition coefficient (Wildman–Crippen LogP) is 3.63. The first-order valence-corrected chi connectivity index (χ1v) is 5.85. The van der Waals surface area contributed by atoms with Crippen molar-refractivity contribution in [3.63, 3.8) is 0 Å². The van der Waals surface area contributed by atoms with Gasteiger partial charge in [0.15, 0.2) is 0 Å². The van der Waals surface area contributed by atoms with Crippen LogP contribution in [0.2, 0.25) is 0 Å². The minimum Gasteiger partial charge on any atom is -0.475 e. The highest BCUT2D eigenvalue weighted by molar-refractivity contribution is 5.97. The van der Waals surface area contributed by atoms with Crippen molar-refractivity contribution in [2.45, 2.75) is 32.6 Å². The molecule has 3 heteroatoms. The monoisotopic (exact) mass is 230 g/mol.